The smallest absolute Gasteiger partial charge is 0.396 e. The van der Waals surface area contributed by atoms with Gasteiger partial charge in [0.1, 0.15) is 5.75 Å². The predicted octanol–water partition coefficient (Wildman–Crippen LogP) is 1.07. The molecule has 0 aliphatic carbocycles. The van der Waals surface area contributed by atoms with Crippen LogP contribution in [0.3, 0.4) is 0 Å². The lowest BCUT2D eigenvalue weighted by atomic mass is 10.2. The number of nitrogens with zero attached hydrogens (tertiary/aromatic N) is 2. The van der Waals surface area contributed by atoms with Gasteiger partial charge < -0.3 is 19.8 Å². The summed E-state index contributed by atoms with van der Waals surface area (Å²) in [5.41, 5.74) is 6.05. The second-order valence-electron chi connectivity index (χ2n) is 3.49. The molecule has 2 heterocycles. The molecule has 2 aromatic heterocycles. The van der Waals surface area contributed by atoms with E-state index in [0.29, 0.717) is 15.8 Å². The second kappa shape index (κ2) is 3.93. The summed E-state index contributed by atoms with van der Waals surface area (Å²) in [6, 6.07) is 2.92. The first-order valence-electron chi connectivity index (χ1n) is 4.97. The molecule has 3 aromatic rings. The van der Waals surface area contributed by atoms with Crippen LogP contribution in [-0.4, -0.2) is 15.2 Å². The molecule has 1 aromatic carbocycles. The summed E-state index contributed by atoms with van der Waals surface area (Å²) in [6.07, 6.45) is 0. The normalized spacial score (nSPS) is 11.2. The van der Waals surface area contributed by atoms with E-state index in [1.54, 1.807) is 0 Å². The first-order chi connectivity index (χ1) is 8.67. The van der Waals surface area contributed by atoms with Crippen LogP contribution >= 0.6 is 11.3 Å². The number of aromatic nitrogens is 2. The lowest BCUT2D eigenvalue weighted by Crippen LogP contribution is -1.95. The summed E-state index contributed by atoms with van der Waals surface area (Å²) < 4.78 is 10.4. The number of phenols is 1. The third-order valence-electron chi connectivity index (χ3n) is 2.33. The maximum absolute atomic E-state index is 11.1. The molecule has 0 atom stereocenters. The molecule has 0 unspecified atom stereocenters. The van der Waals surface area contributed by atoms with Gasteiger partial charge in [-0.2, -0.15) is 4.98 Å². The number of phenolic OH excluding ortho intramolecular Hbond substituents is 1. The minimum atomic E-state index is -0.433. The predicted molar refractivity (Wildman–Crippen MR) is 63.2 cm³/mol. The number of hydrogen-bond acceptors (Lipinski definition) is 8. The summed E-state index contributed by atoms with van der Waals surface area (Å²) in [5.74, 6) is 0.406. The Bertz CT molecular complexity index is 773. The van der Waals surface area contributed by atoms with Crippen molar-refractivity contribution >= 4 is 21.6 Å². The number of nitrogens with two attached hydrogens (primary N) is 1. The minimum Gasteiger partial charge on any atom is -0.507 e. The second-order valence-corrected chi connectivity index (χ2v) is 4.46. The maximum Gasteiger partial charge on any atom is 0.396 e. The molecule has 0 radical (unpaired) electrons. The molecule has 0 fully saturated rings. The van der Waals surface area contributed by atoms with E-state index in [1.807, 2.05) is 0 Å². The quantitative estimate of drug-likeness (QED) is 0.711. The maximum atomic E-state index is 11.1. The van der Waals surface area contributed by atoms with Gasteiger partial charge in [-0.15, -0.1) is 0 Å². The van der Waals surface area contributed by atoms with Crippen molar-refractivity contribution in [1.82, 2.24) is 10.1 Å². The molecular weight excluding hydrogens is 258 g/mol. The van der Waals surface area contributed by atoms with Gasteiger partial charge in [0, 0.05) is 6.07 Å². The molecule has 7 nitrogen and oxygen atoms in total. The van der Waals surface area contributed by atoms with Crippen LogP contribution < -0.4 is 10.7 Å². The average Bonchev–Trinajstić information content (AvgIpc) is 2.92. The lowest BCUT2D eigenvalue weighted by Gasteiger charge is -1.98. The first kappa shape index (κ1) is 10.9. The molecule has 0 saturated carbocycles. The molecule has 0 aliphatic heterocycles. The molecule has 92 valence electrons. The van der Waals surface area contributed by atoms with Crippen molar-refractivity contribution in [2.75, 3.05) is 0 Å². The fourth-order valence-electron chi connectivity index (χ4n) is 1.54. The van der Waals surface area contributed by atoms with Crippen molar-refractivity contribution in [1.29, 1.82) is 0 Å². The van der Waals surface area contributed by atoms with Crippen LogP contribution in [0.4, 0.5) is 0 Å². The van der Waals surface area contributed by atoms with Crippen molar-refractivity contribution in [2.24, 2.45) is 5.73 Å². The summed E-state index contributed by atoms with van der Waals surface area (Å²) in [6.45, 7) is 0.115. The molecule has 3 rings (SSSR count). The van der Waals surface area contributed by atoms with E-state index in [2.05, 4.69) is 10.1 Å². The van der Waals surface area contributed by atoms with Crippen LogP contribution in [-0.2, 0) is 6.54 Å². The van der Waals surface area contributed by atoms with E-state index >= 15 is 0 Å². The highest BCUT2D eigenvalue weighted by Gasteiger charge is 2.15. The monoisotopic (exact) mass is 265 g/mol. The molecule has 0 spiro atoms. The molecule has 0 saturated heterocycles. The third kappa shape index (κ3) is 1.67. The average molecular weight is 265 g/mol. The first-order valence-corrected chi connectivity index (χ1v) is 5.78. The Morgan fingerprint density at radius 1 is 1.44 bits per heavy atom. The van der Waals surface area contributed by atoms with E-state index in [1.165, 1.54) is 12.1 Å². The standard InChI is InChI=1S/C10H7N3O4S/c11-3-8-12-9(13-17-8)4-1-6-7(2-5(4)14)18-10(15)16-6/h1-2,14H,3,11H2. The van der Waals surface area contributed by atoms with Crippen LogP contribution in [0.1, 0.15) is 5.89 Å². The highest BCUT2D eigenvalue weighted by Crippen LogP contribution is 2.32. The fourth-order valence-corrected chi connectivity index (χ4v) is 2.22. The van der Waals surface area contributed by atoms with E-state index in [-0.39, 0.29) is 24.0 Å². The van der Waals surface area contributed by atoms with Gasteiger partial charge in [0.05, 0.1) is 16.8 Å². The lowest BCUT2D eigenvalue weighted by molar-refractivity contribution is 0.380. The van der Waals surface area contributed by atoms with Gasteiger partial charge in [0.25, 0.3) is 0 Å². The molecule has 0 bridgehead atoms. The largest absolute Gasteiger partial charge is 0.507 e. The Labute approximate surface area is 103 Å². The van der Waals surface area contributed by atoms with Crippen molar-refractivity contribution in [3.05, 3.63) is 27.8 Å². The van der Waals surface area contributed by atoms with Crippen LogP contribution in [0.2, 0.25) is 0 Å². The number of aromatic hydroxyl groups is 1. The van der Waals surface area contributed by atoms with Gasteiger partial charge in [-0.05, 0) is 6.07 Å². The van der Waals surface area contributed by atoms with Crippen molar-refractivity contribution in [3.8, 4) is 17.1 Å². The van der Waals surface area contributed by atoms with Crippen molar-refractivity contribution < 1.29 is 14.0 Å². The van der Waals surface area contributed by atoms with Gasteiger partial charge in [-0.3, -0.25) is 0 Å². The summed E-state index contributed by atoms with van der Waals surface area (Å²) in [5, 5.41) is 13.6. The van der Waals surface area contributed by atoms with E-state index in [0.717, 1.165) is 11.3 Å². The van der Waals surface area contributed by atoms with Crippen LogP contribution in [0.25, 0.3) is 21.7 Å². The van der Waals surface area contributed by atoms with Gasteiger partial charge in [-0.1, -0.05) is 16.5 Å². The molecular formula is C10H7N3O4S. The number of hydrogen-bond donors (Lipinski definition) is 2. The Balaban J connectivity index is 2.21. The Morgan fingerprint density at radius 3 is 3.00 bits per heavy atom. The van der Waals surface area contributed by atoms with Crippen LogP contribution in [0.5, 0.6) is 5.75 Å². The zero-order valence-electron chi connectivity index (χ0n) is 8.91. The van der Waals surface area contributed by atoms with Crippen LogP contribution in [0, 0.1) is 0 Å². The molecule has 18 heavy (non-hydrogen) atoms. The van der Waals surface area contributed by atoms with E-state index in [9.17, 15) is 9.90 Å². The summed E-state index contributed by atoms with van der Waals surface area (Å²) >= 11 is 0.913. The Hall–Kier alpha value is -2.19. The number of rotatable bonds is 2. The zero-order chi connectivity index (χ0) is 12.7. The van der Waals surface area contributed by atoms with E-state index < -0.39 is 4.94 Å². The fraction of sp³-hybridized carbons (Fsp3) is 0.100. The molecule has 8 heteroatoms. The van der Waals surface area contributed by atoms with E-state index in [4.69, 9.17) is 14.7 Å². The molecule has 0 amide bonds. The molecule has 0 aliphatic rings. The number of fused-ring (bicyclic) bond motifs is 1. The highest BCUT2D eigenvalue weighted by molar-refractivity contribution is 7.16. The molecule has 3 N–H and O–H groups in total. The summed E-state index contributed by atoms with van der Waals surface area (Å²) in [4.78, 5) is 14.7. The van der Waals surface area contributed by atoms with Gasteiger partial charge in [0.15, 0.2) is 5.58 Å². The Morgan fingerprint density at radius 2 is 2.28 bits per heavy atom. The minimum absolute atomic E-state index is 0.0519. The van der Waals surface area contributed by atoms with Gasteiger partial charge in [0.2, 0.25) is 11.7 Å². The van der Waals surface area contributed by atoms with Gasteiger partial charge in [-0.25, -0.2) is 4.79 Å². The van der Waals surface area contributed by atoms with Crippen molar-refractivity contribution in [3.63, 3.8) is 0 Å². The Kier molecular flexibility index (Phi) is 2.39. The third-order valence-corrected chi connectivity index (χ3v) is 3.12. The van der Waals surface area contributed by atoms with Crippen LogP contribution in [0.15, 0.2) is 25.9 Å². The topological polar surface area (TPSA) is 115 Å². The number of benzene rings is 1. The zero-order valence-corrected chi connectivity index (χ0v) is 9.73. The highest BCUT2D eigenvalue weighted by atomic mass is 32.1. The summed E-state index contributed by atoms with van der Waals surface area (Å²) in [7, 11) is 0. The van der Waals surface area contributed by atoms with Crippen molar-refractivity contribution in [2.45, 2.75) is 6.54 Å². The van der Waals surface area contributed by atoms with Gasteiger partial charge >= 0.3 is 4.94 Å². The SMILES string of the molecule is NCc1nc(-c2cc3oc(=O)sc3cc2O)no1.